The van der Waals surface area contributed by atoms with Gasteiger partial charge < -0.3 is 49.2 Å². The molecule has 0 amide bonds. The monoisotopic (exact) mass is 380 g/mol. The molecule has 0 aromatic rings. The topological polar surface area (TPSA) is 147 Å². The Kier molecular flexibility index (Phi) is 5.91. The second-order valence-electron chi connectivity index (χ2n) is 7.46. The average molecular weight is 380 g/mol. The van der Waals surface area contributed by atoms with Crippen LogP contribution in [0.2, 0.25) is 0 Å². The van der Waals surface area contributed by atoms with E-state index >= 15 is 0 Å². The predicted molar refractivity (Wildman–Crippen MR) is 83.9 cm³/mol. The highest BCUT2D eigenvalue weighted by atomic mass is 16.8. The van der Waals surface area contributed by atoms with Crippen LogP contribution in [-0.2, 0) is 23.7 Å². The minimum absolute atomic E-state index is 0.136. The van der Waals surface area contributed by atoms with E-state index in [4.69, 9.17) is 23.7 Å². The maximum atomic E-state index is 10.1. The van der Waals surface area contributed by atoms with E-state index in [1.165, 1.54) is 0 Å². The molecule has 0 aliphatic carbocycles. The second-order valence-corrected chi connectivity index (χ2v) is 7.46. The summed E-state index contributed by atoms with van der Waals surface area (Å²) in [4.78, 5) is 0. The van der Waals surface area contributed by atoms with Gasteiger partial charge in [-0.2, -0.15) is 0 Å². The Hall–Kier alpha value is -0.400. The number of aliphatic hydroxyl groups is 5. The lowest BCUT2D eigenvalue weighted by molar-refractivity contribution is -0.277. The van der Waals surface area contributed by atoms with Crippen molar-refractivity contribution < 1.29 is 49.2 Å². The van der Waals surface area contributed by atoms with Crippen LogP contribution in [0.15, 0.2) is 0 Å². The molecule has 0 aromatic heterocycles. The fourth-order valence-electron chi connectivity index (χ4n) is 3.69. The van der Waals surface area contributed by atoms with E-state index in [9.17, 15) is 25.5 Å². The van der Waals surface area contributed by atoms with Gasteiger partial charge in [0.1, 0.15) is 48.8 Å². The lowest BCUT2D eigenvalue weighted by atomic mass is 9.95. The van der Waals surface area contributed by atoms with Crippen molar-refractivity contribution in [1.82, 2.24) is 0 Å². The second kappa shape index (κ2) is 7.55. The SMILES string of the molecule is C[C@@H]1O[C@@H](O)[C@@H]2OC(C)(C)O[C@@H]2[C@H]1OC[C@H]1O[C@H](CO)[C@@H](O)[C@H](O)[C@H]1O. The third-order valence-electron chi connectivity index (χ3n) is 5.03. The summed E-state index contributed by atoms with van der Waals surface area (Å²) in [5, 5.41) is 49.1. The normalized spacial score (nSPS) is 51.2. The van der Waals surface area contributed by atoms with Gasteiger partial charge in [0.25, 0.3) is 0 Å². The Morgan fingerprint density at radius 3 is 2.15 bits per heavy atom. The number of hydrogen-bond acceptors (Lipinski definition) is 10. The molecule has 152 valence electrons. The molecule has 26 heavy (non-hydrogen) atoms. The summed E-state index contributed by atoms with van der Waals surface area (Å²) >= 11 is 0. The van der Waals surface area contributed by atoms with E-state index in [1.807, 2.05) is 0 Å². The van der Waals surface area contributed by atoms with E-state index in [-0.39, 0.29) is 6.61 Å². The summed E-state index contributed by atoms with van der Waals surface area (Å²) in [5.74, 6) is -0.908. The van der Waals surface area contributed by atoms with Gasteiger partial charge in [0, 0.05) is 0 Å². The van der Waals surface area contributed by atoms with Crippen LogP contribution in [0.5, 0.6) is 0 Å². The minimum atomic E-state index is -1.46. The lowest BCUT2D eigenvalue weighted by Crippen LogP contribution is -2.61. The summed E-state index contributed by atoms with van der Waals surface area (Å²) in [6.07, 6.45) is -9.82. The zero-order chi connectivity index (χ0) is 19.2. The third-order valence-corrected chi connectivity index (χ3v) is 5.03. The largest absolute Gasteiger partial charge is 0.394 e. The van der Waals surface area contributed by atoms with Gasteiger partial charge in [-0.15, -0.1) is 0 Å². The number of fused-ring (bicyclic) bond motifs is 1. The van der Waals surface area contributed by atoms with E-state index in [2.05, 4.69) is 0 Å². The van der Waals surface area contributed by atoms with Crippen molar-refractivity contribution in [3.8, 4) is 0 Å². The molecule has 3 fully saturated rings. The van der Waals surface area contributed by atoms with E-state index in [1.54, 1.807) is 20.8 Å². The molecule has 3 aliphatic rings. The summed E-state index contributed by atoms with van der Waals surface area (Å²) in [6.45, 7) is 4.51. The van der Waals surface area contributed by atoms with Gasteiger partial charge in [0.05, 0.1) is 19.3 Å². The molecule has 10 nitrogen and oxygen atoms in total. The van der Waals surface area contributed by atoms with Crippen molar-refractivity contribution >= 4 is 0 Å². The van der Waals surface area contributed by atoms with Crippen molar-refractivity contribution in [3.63, 3.8) is 0 Å². The lowest BCUT2D eigenvalue weighted by Gasteiger charge is -2.42. The van der Waals surface area contributed by atoms with Gasteiger partial charge in [0.2, 0.25) is 0 Å². The number of rotatable bonds is 4. The van der Waals surface area contributed by atoms with Gasteiger partial charge in [-0.25, -0.2) is 0 Å². The van der Waals surface area contributed by atoms with Crippen molar-refractivity contribution in [1.29, 1.82) is 0 Å². The zero-order valence-electron chi connectivity index (χ0n) is 15.0. The minimum Gasteiger partial charge on any atom is -0.394 e. The van der Waals surface area contributed by atoms with Crippen LogP contribution in [0.1, 0.15) is 20.8 Å². The highest BCUT2D eigenvalue weighted by Gasteiger charge is 2.55. The standard InChI is InChI=1S/C16H28O10/c1-6-12(13-14(15(21)23-6)26-16(2,3)25-13)22-5-8-10(19)11(20)9(18)7(4-17)24-8/h6-15,17-21H,4-5H2,1-3H3/t6-,7+,8+,9+,10-,11-,12-,13+,14+,15+/m0/s1. The Labute approximate surface area is 151 Å². The molecule has 0 spiro atoms. The summed E-state index contributed by atoms with van der Waals surface area (Å²) in [5.41, 5.74) is 0. The number of hydrogen-bond donors (Lipinski definition) is 5. The molecule has 0 saturated carbocycles. The first-order valence-corrected chi connectivity index (χ1v) is 8.76. The molecular formula is C16H28O10. The summed E-state index contributed by atoms with van der Waals surface area (Å²) < 4.78 is 28.2. The number of aliphatic hydroxyl groups excluding tert-OH is 5. The Balaban J connectivity index is 1.66. The van der Waals surface area contributed by atoms with Gasteiger partial charge in [-0.3, -0.25) is 0 Å². The fourth-order valence-corrected chi connectivity index (χ4v) is 3.69. The maximum absolute atomic E-state index is 10.1. The molecule has 10 atom stereocenters. The molecular weight excluding hydrogens is 352 g/mol. The first-order chi connectivity index (χ1) is 12.1. The van der Waals surface area contributed by atoms with Crippen LogP contribution in [-0.4, -0.2) is 106 Å². The molecule has 0 bridgehead atoms. The van der Waals surface area contributed by atoms with Crippen LogP contribution in [0, 0.1) is 0 Å². The summed E-state index contributed by atoms with van der Waals surface area (Å²) in [6, 6.07) is 0. The zero-order valence-corrected chi connectivity index (χ0v) is 15.0. The van der Waals surface area contributed by atoms with Crippen molar-refractivity contribution in [2.45, 2.75) is 87.8 Å². The smallest absolute Gasteiger partial charge is 0.184 e. The Morgan fingerprint density at radius 1 is 0.885 bits per heavy atom. The molecule has 0 radical (unpaired) electrons. The third kappa shape index (κ3) is 3.76. The molecule has 3 saturated heterocycles. The summed E-state index contributed by atoms with van der Waals surface area (Å²) in [7, 11) is 0. The molecule has 5 N–H and O–H groups in total. The van der Waals surface area contributed by atoms with Crippen molar-refractivity contribution in [2.75, 3.05) is 13.2 Å². The molecule has 0 aromatic carbocycles. The van der Waals surface area contributed by atoms with Gasteiger partial charge in [-0.1, -0.05) is 0 Å². The van der Waals surface area contributed by atoms with Gasteiger partial charge in [0.15, 0.2) is 12.1 Å². The first-order valence-electron chi connectivity index (χ1n) is 8.76. The van der Waals surface area contributed by atoms with Crippen LogP contribution in [0.25, 0.3) is 0 Å². The van der Waals surface area contributed by atoms with Crippen LogP contribution in [0.3, 0.4) is 0 Å². The van der Waals surface area contributed by atoms with Crippen molar-refractivity contribution in [3.05, 3.63) is 0 Å². The first kappa shape index (κ1) is 20.3. The molecule has 3 rings (SSSR count). The molecule has 3 aliphatic heterocycles. The molecule has 10 heteroatoms. The Bertz CT molecular complexity index is 486. The Morgan fingerprint density at radius 2 is 1.50 bits per heavy atom. The molecule has 0 unspecified atom stereocenters. The van der Waals surface area contributed by atoms with E-state index < -0.39 is 73.6 Å². The highest BCUT2D eigenvalue weighted by Crippen LogP contribution is 2.38. The average Bonchev–Trinajstić information content (AvgIpc) is 2.90. The predicted octanol–water partition coefficient (Wildman–Crippen LogP) is -2.53. The van der Waals surface area contributed by atoms with Crippen molar-refractivity contribution in [2.24, 2.45) is 0 Å². The van der Waals surface area contributed by atoms with Gasteiger partial charge in [-0.05, 0) is 20.8 Å². The van der Waals surface area contributed by atoms with E-state index in [0.717, 1.165) is 0 Å². The quantitative estimate of drug-likeness (QED) is 0.354. The maximum Gasteiger partial charge on any atom is 0.184 e. The van der Waals surface area contributed by atoms with Crippen LogP contribution in [0.4, 0.5) is 0 Å². The highest BCUT2D eigenvalue weighted by molar-refractivity contribution is 4.97. The fraction of sp³-hybridized carbons (Fsp3) is 1.00. The molecule has 3 heterocycles. The van der Waals surface area contributed by atoms with E-state index in [0.29, 0.717) is 0 Å². The van der Waals surface area contributed by atoms with Crippen LogP contribution < -0.4 is 0 Å². The number of ether oxygens (including phenoxy) is 5. The van der Waals surface area contributed by atoms with Gasteiger partial charge >= 0.3 is 0 Å². The van der Waals surface area contributed by atoms with Crippen LogP contribution >= 0.6 is 0 Å².